The van der Waals surface area contributed by atoms with E-state index in [9.17, 15) is 8.42 Å². The van der Waals surface area contributed by atoms with E-state index in [1.807, 2.05) is 19.1 Å². The minimum Gasteiger partial charge on any atom is -0.367 e. The Balaban J connectivity index is 1.67. The zero-order valence-corrected chi connectivity index (χ0v) is 14.6. The molecule has 1 aromatic carbocycles. The standard InChI is InChI=1S/C18H23N3O2S/c1-14-6-5-9-17(12-14)24(22,23)21-16-10-11-18(19-13-16)20-15-7-3-2-4-8-15/h5-6,9-13,15,21H,2-4,7-8H2,1H3,(H,19,20). The Morgan fingerprint density at radius 1 is 1.08 bits per heavy atom. The van der Waals surface area contributed by atoms with Crippen molar-refractivity contribution in [2.24, 2.45) is 0 Å². The monoisotopic (exact) mass is 345 g/mol. The summed E-state index contributed by atoms with van der Waals surface area (Å²) in [7, 11) is -3.59. The lowest BCUT2D eigenvalue weighted by Crippen LogP contribution is -2.22. The Kier molecular flexibility index (Phi) is 5.04. The molecule has 0 aliphatic heterocycles. The third-order valence-corrected chi connectivity index (χ3v) is 5.65. The summed E-state index contributed by atoms with van der Waals surface area (Å²) in [6, 6.07) is 10.9. The number of hydrogen-bond donors (Lipinski definition) is 2. The molecule has 3 rings (SSSR count). The number of anilines is 2. The van der Waals surface area contributed by atoms with Crippen molar-refractivity contribution in [3.63, 3.8) is 0 Å². The fraction of sp³-hybridized carbons (Fsp3) is 0.389. The van der Waals surface area contributed by atoms with Crippen LogP contribution in [0.1, 0.15) is 37.7 Å². The molecule has 0 atom stereocenters. The maximum atomic E-state index is 12.4. The SMILES string of the molecule is Cc1cccc(S(=O)(=O)Nc2ccc(NC3CCCCC3)nc2)c1. The lowest BCUT2D eigenvalue weighted by atomic mass is 9.95. The number of nitrogens with zero attached hydrogens (tertiary/aromatic N) is 1. The normalized spacial score (nSPS) is 15.9. The van der Waals surface area contributed by atoms with Crippen LogP contribution in [-0.2, 0) is 10.0 Å². The third-order valence-electron chi connectivity index (χ3n) is 4.27. The van der Waals surface area contributed by atoms with Gasteiger partial charge in [0.15, 0.2) is 0 Å². The van der Waals surface area contributed by atoms with E-state index in [1.54, 1.807) is 30.5 Å². The van der Waals surface area contributed by atoms with Gasteiger partial charge in [-0.25, -0.2) is 13.4 Å². The lowest BCUT2D eigenvalue weighted by Gasteiger charge is -2.23. The maximum absolute atomic E-state index is 12.4. The molecule has 6 heteroatoms. The van der Waals surface area contributed by atoms with Crippen LogP contribution in [0.3, 0.4) is 0 Å². The van der Waals surface area contributed by atoms with E-state index in [2.05, 4.69) is 15.0 Å². The van der Waals surface area contributed by atoms with Crippen LogP contribution in [0.4, 0.5) is 11.5 Å². The molecule has 1 aliphatic carbocycles. The number of rotatable bonds is 5. The van der Waals surface area contributed by atoms with Crippen LogP contribution in [0, 0.1) is 6.92 Å². The summed E-state index contributed by atoms with van der Waals surface area (Å²) in [6.07, 6.45) is 7.72. The molecule has 0 saturated heterocycles. The highest BCUT2D eigenvalue weighted by Crippen LogP contribution is 2.22. The van der Waals surface area contributed by atoms with Gasteiger partial charge in [0.25, 0.3) is 10.0 Å². The van der Waals surface area contributed by atoms with E-state index in [4.69, 9.17) is 0 Å². The highest BCUT2D eigenvalue weighted by Gasteiger charge is 2.15. The second kappa shape index (κ2) is 7.21. The van der Waals surface area contributed by atoms with E-state index in [1.165, 1.54) is 32.1 Å². The average Bonchev–Trinajstić information content (AvgIpc) is 2.57. The average molecular weight is 345 g/mol. The van der Waals surface area contributed by atoms with Crippen LogP contribution in [0.15, 0.2) is 47.5 Å². The number of sulfonamides is 1. The fourth-order valence-electron chi connectivity index (χ4n) is 2.99. The first-order chi connectivity index (χ1) is 11.5. The first kappa shape index (κ1) is 16.8. The van der Waals surface area contributed by atoms with Crippen molar-refractivity contribution in [3.8, 4) is 0 Å². The molecule has 5 nitrogen and oxygen atoms in total. The molecule has 0 bridgehead atoms. The van der Waals surface area contributed by atoms with E-state index < -0.39 is 10.0 Å². The summed E-state index contributed by atoms with van der Waals surface area (Å²) < 4.78 is 27.4. The molecule has 1 aromatic heterocycles. The van der Waals surface area contributed by atoms with Gasteiger partial charge in [-0.15, -0.1) is 0 Å². The van der Waals surface area contributed by atoms with Gasteiger partial charge in [-0.05, 0) is 49.6 Å². The number of aromatic nitrogens is 1. The minimum absolute atomic E-state index is 0.256. The largest absolute Gasteiger partial charge is 0.367 e. The maximum Gasteiger partial charge on any atom is 0.261 e. The molecule has 0 amide bonds. The summed E-state index contributed by atoms with van der Waals surface area (Å²) >= 11 is 0. The molecule has 1 saturated carbocycles. The van der Waals surface area contributed by atoms with Crippen molar-refractivity contribution in [2.45, 2.75) is 50.0 Å². The number of pyridine rings is 1. The van der Waals surface area contributed by atoms with Gasteiger partial charge in [-0.3, -0.25) is 4.72 Å². The van der Waals surface area contributed by atoms with Gasteiger partial charge in [0.2, 0.25) is 0 Å². The first-order valence-corrected chi connectivity index (χ1v) is 9.83. The molecule has 2 aromatic rings. The second-order valence-electron chi connectivity index (χ2n) is 6.33. The van der Waals surface area contributed by atoms with Crippen LogP contribution in [0.5, 0.6) is 0 Å². The molecular weight excluding hydrogens is 322 g/mol. The number of benzene rings is 1. The van der Waals surface area contributed by atoms with Crippen LogP contribution < -0.4 is 10.0 Å². The van der Waals surface area contributed by atoms with E-state index in [-0.39, 0.29) is 4.90 Å². The molecule has 24 heavy (non-hydrogen) atoms. The zero-order valence-electron chi connectivity index (χ0n) is 13.8. The van der Waals surface area contributed by atoms with E-state index in [0.29, 0.717) is 11.7 Å². The van der Waals surface area contributed by atoms with Gasteiger partial charge in [0.1, 0.15) is 5.82 Å². The van der Waals surface area contributed by atoms with Gasteiger partial charge in [0.05, 0.1) is 16.8 Å². The summed E-state index contributed by atoms with van der Waals surface area (Å²) in [5.74, 6) is 0.792. The highest BCUT2D eigenvalue weighted by molar-refractivity contribution is 7.92. The molecule has 0 spiro atoms. The fourth-order valence-corrected chi connectivity index (χ4v) is 4.14. The van der Waals surface area contributed by atoms with Gasteiger partial charge < -0.3 is 5.32 Å². The third kappa shape index (κ3) is 4.26. The van der Waals surface area contributed by atoms with Crippen LogP contribution in [0.25, 0.3) is 0 Å². The second-order valence-corrected chi connectivity index (χ2v) is 8.02. The van der Waals surface area contributed by atoms with Crippen LogP contribution in [0.2, 0.25) is 0 Å². The van der Waals surface area contributed by atoms with Gasteiger partial charge >= 0.3 is 0 Å². The molecular formula is C18H23N3O2S. The number of nitrogens with one attached hydrogen (secondary N) is 2. The molecule has 1 aliphatic rings. The molecule has 1 fully saturated rings. The smallest absolute Gasteiger partial charge is 0.261 e. The first-order valence-electron chi connectivity index (χ1n) is 8.35. The van der Waals surface area contributed by atoms with Gasteiger partial charge in [-0.2, -0.15) is 0 Å². The van der Waals surface area contributed by atoms with E-state index in [0.717, 1.165) is 11.4 Å². The summed E-state index contributed by atoms with van der Waals surface area (Å²) in [6.45, 7) is 1.87. The summed E-state index contributed by atoms with van der Waals surface area (Å²) in [5.41, 5.74) is 1.37. The topological polar surface area (TPSA) is 71.1 Å². The predicted molar refractivity (Wildman–Crippen MR) is 96.7 cm³/mol. The number of aryl methyl sites for hydroxylation is 1. The molecule has 0 unspecified atom stereocenters. The summed E-state index contributed by atoms with van der Waals surface area (Å²) in [5, 5.41) is 3.42. The molecule has 128 valence electrons. The van der Waals surface area contributed by atoms with Crippen molar-refractivity contribution in [1.29, 1.82) is 0 Å². The highest BCUT2D eigenvalue weighted by atomic mass is 32.2. The Morgan fingerprint density at radius 2 is 1.88 bits per heavy atom. The number of hydrogen-bond acceptors (Lipinski definition) is 4. The van der Waals surface area contributed by atoms with Crippen molar-refractivity contribution < 1.29 is 8.42 Å². The van der Waals surface area contributed by atoms with Crippen molar-refractivity contribution in [1.82, 2.24) is 4.98 Å². The Morgan fingerprint density at radius 3 is 2.54 bits per heavy atom. The van der Waals surface area contributed by atoms with Crippen molar-refractivity contribution >= 4 is 21.5 Å². The van der Waals surface area contributed by atoms with Crippen molar-refractivity contribution in [2.75, 3.05) is 10.0 Å². The van der Waals surface area contributed by atoms with Crippen LogP contribution in [-0.4, -0.2) is 19.4 Å². The van der Waals surface area contributed by atoms with E-state index >= 15 is 0 Å². The minimum atomic E-state index is -3.59. The molecule has 2 N–H and O–H groups in total. The molecule has 1 heterocycles. The van der Waals surface area contributed by atoms with Gasteiger partial charge in [-0.1, -0.05) is 31.4 Å². The van der Waals surface area contributed by atoms with Gasteiger partial charge in [0, 0.05) is 6.04 Å². The van der Waals surface area contributed by atoms with Crippen molar-refractivity contribution in [3.05, 3.63) is 48.2 Å². The Bertz CT molecular complexity index is 782. The quantitative estimate of drug-likeness (QED) is 0.861. The molecule has 0 radical (unpaired) electrons. The summed E-state index contributed by atoms with van der Waals surface area (Å²) in [4.78, 5) is 4.59. The zero-order chi connectivity index (χ0) is 17.0. The Labute approximate surface area is 143 Å². The van der Waals surface area contributed by atoms with Crippen LogP contribution >= 0.6 is 0 Å². The lowest BCUT2D eigenvalue weighted by molar-refractivity contribution is 0.462. The predicted octanol–water partition coefficient (Wildman–Crippen LogP) is 3.94. The Hall–Kier alpha value is -2.08.